The van der Waals surface area contributed by atoms with Crippen molar-refractivity contribution in [2.45, 2.75) is 0 Å². The van der Waals surface area contributed by atoms with Crippen LogP contribution in [-0.4, -0.2) is 23.0 Å². The number of nitro groups is 1. The number of rotatable bonds is 4. The van der Waals surface area contributed by atoms with E-state index in [0.717, 1.165) is 4.70 Å². The molecule has 0 saturated heterocycles. The summed E-state index contributed by atoms with van der Waals surface area (Å²) in [5.41, 5.74) is 1.18. The minimum Gasteiger partial charge on any atom is -0.465 e. The van der Waals surface area contributed by atoms with Gasteiger partial charge in [-0.15, -0.1) is 11.3 Å². The minimum atomic E-state index is -0.519. The van der Waals surface area contributed by atoms with Crippen molar-refractivity contribution in [3.05, 3.63) is 57.6 Å². The fourth-order valence-electron chi connectivity index (χ4n) is 2.15. The van der Waals surface area contributed by atoms with Crippen LogP contribution in [0.5, 0.6) is 0 Å². The summed E-state index contributed by atoms with van der Waals surface area (Å²) in [6.07, 6.45) is 1.60. The van der Waals surface area contributed by atoms with Crippen molar-refractivity contribution in [1.29, 1.82) is 0 Å². The van der Waals surface area contributed by atoms with Gasteiger partial charge in [0.2, 0.25) is 0 Å². The Bertz CT molecular complexity index is 907. The number of anilines is 2. The van der Waals surface area contributed by atoms with Crippen LogP contribution in [0.1, 0.15) is 9.67 Å². The molecule has 23 heavy (non-hydrogen) atoms. The van der Waals surface area contributed by atoms with E-state index in [2.05, 4.69) is 10.3 Å². The van der Waals surface area contributed by atoms with E-state index in [9.17, 15) is 14.9 Å². The maximum Gasteiger partial charge on any atom is 0.350 e. The second-order valence-electron chi connectivity index (χ2n) is 4.55. The van der Waals surface area contributed by atoms with Crippen molar-refractivity contribution in [3.8, 4) is 0 Å². The molecule has 2 heterocycles. The zero-order valence-electron chi connectivity index (χ0n) is 12.0. The summed E-state index contributed by atoms with van der Waals surface area (Å²) in [6.45, 7) is 0. The predicted octanol–water partition coefficient (Wildman–Crippen LogP) is 3.73. The summed E-state index contributed by atoms with van der Waals surface area (Å²) < 4.78 is 5.58. The van der Waals surface area contributed by atoms with Crippen LogP contribution < -0.4 is 5.32 Å². The number of nitro benzene ring substituents is 1. The number of nitrogens with zero attached hydrogens (tertiary/aromatic N) is 2. The number of aromatic nitrogens is 1. The van der Waals surface area contributed by atoms with E-state index >= 15 is 0 Å². The zero-order valence-corrected chi connectivity index (χ0v) is 12.8. The molecule has 0 amide bonds. The number of benzene rings is 1. The maximum absolute atomic E-state index is 12.0. The van der Waals surface area contributed by atoms with Crippen LogP contribution in [-0.2, 0) is 4.74 Å². The lowest BCUT2D eigenvalue weighted by Crippen LogP contribution is -2.03. The average molecular weight is 329 g/mol. The number of thiophene rings is 1. The first-order chi connectivity index (χ1) is 11.1. The normalized spacial score (nSPS) is 10.5. The van der Waals surface area contributed by atoms with Crippen LogP contribution in [0.3, 0.4) is 0 Å². The topological polar surface area (TPSA) is 94.4 Å². The Morgan fingerprint density at radius 1 is 1.30 bits per heavy atom. The van der Waals surface area contributed by atoms with E-state index in [1.54, 1.807) is 30.5 Å². The number of nitrogens with one attached hydrogen (secondary N) is 1. The molecule has 0 aliphatic rings. The van der Waals surface area contributed by atoms with Crippen molar-refractivity contribution in [1.82, 2.24) is 4.98 Å². The van der Waals surface area contributed by atoms with Crippen LogP contribution in [0.25, 0.3) is 10.2 Å². The van der Waals surface area contributed by atoms with Gasteiger partial charge in [-0.3, -0.25) is 15.1 Å². The fourth-order valence-corrected chi connectivity index (χ4v) is 3.19. The van der Waals surface area contributed by atoms with Gasteiger partial charge < -0.3 is 10.1 Å². The van der Waals surface area contributed by atoms with Gasteiger partial charge in [-0.1, -0.05) is 12.1 Å². The monoisotopic (exact) mass is 329 g/mol. The van der Waals surface area contributed by atoms with Gasteiger partial charge >= 0.3 is 5.97 Å². The molecule has 0 aliphatic heterocycles. The number of ether oxygens (including phenoxy) is 1. The lowest BCUT2D eigenvalue weighted by atomic mass is 10.2. The Kier molecular flexibility index (Phi) is 3.90. The Morgan fingerprint density at radius 3 is 2.83 bits per heavy atom. The number of esters is 1. The highest BCUT2D eigenvalue weighted by atomic mass is 32.1. The molecular weight excluding hydrogens is 318 g/mol. The first kappa shape index (κ1) is 14.9. The summed E-state index contributed by atoms with van der Waals surface area (Å²) in [4.78, 5) is 27.2. The lowest BCUT2D eigenvalue weighted by Gasteiger charge is -2.07. The van der Waals surface area contributed by atoms with Crippen LogP contribution in [0.4, 0.5) is 17.1 Å². The summed E-state index contributed by atoms with van der Waals surface area (Å²) in [7, 11) is 1.29. The van der Waals surface area contributed by atoms with Gasteiger partial charge in [0.25, 0.3) is 5.69 Å². The second kappa shape index (κ2) is 6.01. The molecule has 3 rings (SSSR count). The van der Waals surface area contributed by atoms with E-state index in [4.69, 9.17) is 4.74 Å². The molecule has 7 nitrogen and oxygen atoms in total. The number of carbonyl (C=O) groups excluding carboxylic acids is 1. The molecule has 116 valence electrons. The standard InChI is InChI=1S/C15H11N3O4S/c1-22-15(19)14-13(12-11(23-14)7-4-8-16-12)17-9-5-2-3-6-10(9)18(20)21/h2-8,17H,1H3. The highest BCUT2D eigenvalue weighted by Gasteiger charge is 2.22. The summed E-state index contributed by atoms with van der Waals surface area (Å²) >= 11 is 1.22. The number of fused-ring (bicyclic) bond motifs is 1. The smallest absolute Gasteiger partial charge is 0.350 e. The fraction of sp³-hybridized carbons (Fsp3) is 0.0667. The zero-order chi connectivity index (χ0) is 16.4. The van der Waals surface area contributed by atoms with Crippen molar-refractivity contribution < 1.29 is 14.5 Å². The van der Waals surface area contributed by atoms with Gasteiger partial charge in [0.15, 0.2) is 0 Å². The molecule has 0 bridgehead atoms. The highest BCUT2D eigenvalue weighted by molar-refractivity contribution is 7.21. The van der Waals surface area contributed by atoms with Crippen LogP contribution in [0.15, 0.2) is 42.6 Å². The quantitative estimate of drug-likeness (QED) is 0.445. The van der Waals surface area contributed by atoms with Gasteiger partial charge in [-0.25, -0.2) is 4.79 Å². The predicted molar refractivity (Wildman–Crippen MR) is 87.3 cm³/mol. The number of hydrogen-bond acceptors (Lipinski definition) is 7. The van der Waals surface area contributed by atoms with Crippen molar-refractivity contribution >= 4 is 44.6 Å². The third-order valence-electron chi connectivity index (χ3n) is 3.18. The largest absolute Gasteiger partial charge is 0.465 e. The van der Waals surface area contributed by atoms with Crippen molar-refractivity contribution in [2.75, 3.05) is 12.4 Å². The lowest BCUT2D eigenvalue weighted by molar-refractivity contribution is -0.383. The number of para-hydroxylation sites is 2. The Labute approximate surface area is 134 Å². The Balaban J connectivity index is 2.16. The van der Waals surface area contributed by atoms with Gasteiger partial charge in [0.05, 0.1) is 22.4 Å². The minimum absolute atomic E-state index is 0.0846. The summed E-state index contributed by atoms with van der Waals surface area (Å²) in [5.74, 6) is -0.519. The van der Waals surface area contributed by atoms with Crippen molar-refractivity contribution in [2.24, 2.45) is 0 Å². The molecule has 1 aromatic carbocycles. The van der Waals surface area contributed by atoms with E-state index in [0.29, 0.717) is 16.1 Å². The number of methoxy groups -OCH3 is 1. The van der Waals surface area contributed by atoms with Crippen LogP contribution in [0, 0.1) is 10.1 Å². The van der Waals surface area contributed by atoms with Gasteiger partial charge in [0.1, 0.15) is 16.1 Å². The number of pyridine rings is 1. The van der Waals surface area contributed by atoms with Crippen LogP contribution in [0.2, 0.25) is 0 Å². The molecule has 0 saturated carbocycles. The Hall–Kier alpha value is -3.00. The molecule has 8 heteroatoms. The third kappa shape index (κ3) is 2.71. The van der Waals surface area contributed by atoms with E-state index < -0.39 is 10.9 Å². The van der Waals surface area contributed by atoms with Gasteiger partial charge in [-0.2, -0.15) is 0 Å². The van der Waals surface area contributed by atoms with E-state index in [-0.39, 0.29) is 11.4 Å². The third-order valence-corrected chi connectivity index (χ3v) is 4.30. The molecule has 0 aliphatic carbocycles. The van der Waals surface area contributed by atoms with Gasteiger partial charge in [0, 0.05) is 12.3 Å². The molecule has 0 fully saturated rings. The van der Waals surface area contributed by atoms with Crippen LogP contribution >= 0.6 is 11.3 Å². The molecule has 3 aromatic rings. The van der Waals surface area contributed by atoms with E-state index in [1.165, 1.54) is 24.5 Å². The molecule has 0 atom stereocenters. The molecule has 0 unspecified atom stereocenters. The first-order valence-corrected chi connectivity index (χ1v) is 7.39. The summed E-state index contributed by atoms with van der Waals surface area (Å²) in [5, 5.41) is 14.1. The highest BCUT2D eigenvalue weighted by Crippen LogP contribution is 2.38. The van der Waals surface area contributed by atoms with Crippen molar-refractivity contribution in [3.63, 3.8) is 0 Å². The molecule has 1 N–H and O–H groups in total. The molecule has 2 aromatic heterocycles. The SMILES string of the molecule is COC(=O)c1sc2cccnc2c1Nc1ccccc1[N+](=O)[O-]. The Morgan fingerprint density at radius 2 is 2.09 bits per heavy atom. The average Bonchev–Trinajstić information content (AvgIpc) is 2.93. The number of hydrogen-bond donors (Lipinski definition) is 1. The molecule has 0 spiro atoms. The van der Waals surface area contributed by atoms with E-state index in [1.807, 2.05) is 6.07 Å². The maximum atomic E-state index is 12.0. The second-order valence-corrected chi connectivity index (χ2v) is 5.60. The van der Waals surface area contributed by atoms with Gasteiger partial charge in [-0.05, 0) is 18.2 Å². The first-order valence-electron chi connectivity index (χ1n) is 6.58. The number of carbonyl (C=O) groups is 1. The summed E-state index contributed by atoms with van der Waals surface area (Å²) in [6, 6.07) is 9.80. The molecular formula is C15H11N3O4S. The molecule has 0 radical (unpaired) electrons.